The van der Waals surface area contributed by atoms with Crippen LogP contribution in [0.5, 0.6) is 0 Å². The number of amides is 1. The molecule has 0 N–H and O–H groups in total. The monoisotopic (exact) mass is 374 g/mol. The third-order valence-electron chi connectivity index (χ3n) is 4.61. The molecule has 5 nitrogen and oxygen atoms in total. The Morgan fingerprint density at radius 1 is 0.893 bits per heavy atom. The van der Waals surface area contributed by atoms with Crippen LogP contribution < -0.4 is 4.90 Å². The van der Waals surface area contributed by atoms with Gasteiger partial charge in [-0.15, -0.1) is 0 Å². The Morgan fingerprint density at radius 2 is 1.46 bits per heavy atom. The lowest BCUT2D eigenvalue weighted by molar-refractivity contribution is 0.0684. The zero-order valence-corrected chi connectivity index (χ0v) is 16.6. The van der Waals surface area contributed by atoms with Crippen LogP contribution in [0.4, 0.5) is 5.82 Å². The summed E-state index contributed by atoms with van der Waals surface area (Å²) >= 11 is 0. The summed E-state index contributed by atoms with van der Waals surface area (Å²) in [6, 6.07) is 22.0. The van der Waals surface area contributed by atoms with Crippen LogP contribution >= 0.6 is 0 Å². The number of nitrogens with zero attached hydrogens (tertiary/aromatic N) is 4. The van der Waals surface area contributed by atoms with Crippen LogP contribution in [-0.4, -0.2) is 33.9 Å². The number of aromatic nitrogens is 2. The Labute approximate surface area is 166 Å². The van der Waals surface area contributed by atoms with Crippen molar-refractivity contribution in [2.45, 2.75) is 33.0 Å². The van der Waals surface area contributed by atoms with Crippen molar-refractivity contribution in [2.24, 2.45) is 0 Å². The Kier molecular flexibility index (Phi) is 6.37. The van der Waals surface area contributed by atoms with Gasteiger partial charge in [0, 0.05) is 32.2 Å². The molecule has 2 aromatic carbocycles. The fraction of sp³-hybridized carbons (Fsp3) is 0.261. The van der Waals surface area contributed by atoms with Gasteiger partial charge >= 0.3 is 0 Å². The van der Waals surface area contributed by atoms with Crippen molar-refractivity contribution in [3.05, 3.63) is 89.9 Å². The zero-order valence-electron chi connectivity index (χ0n) is 16.6. The van der Waals surface area contributed by atoms with E-state index in [-0.39, 0.29) is 11.9 Å². The molecule has 0 aliphatic carbocycles. The quantitative estimate of drug-likeness (QED) is 0.623. The summed E-state index contributed by atoms with van der Waals surface area (Å²) in [6.07, 6.45) is 1.46. The van der Waals surface area contributed by atoms with E-state index in [9.17, 15) is 4.79 Å². The third-order valence-corrected chi connectivity index (χ3v) is 4.61. The van der Waals surface area contributed by atoms with E-state index in [1.807, 2.05) is 79.2 Å². The fourth-order valence-electron chi connectivity index (χ4n) is 3.03. The van der Waals surface area contributed by atoms with Crippen molar-refractivity contribution in [1.82, 2.24) is 14.9 Å². The summed E-state index contributed by atoms with van der Waals surface area (Å²) in [7, 11) is 1.97. The van der Waals surface area contributed by atoms with E-state index in [0.717, 1.165) is 11.4 Å². The van der Waals surface area contributed by atoms with Gasteiger partial charge in [0.2, 0.25) is 0 Å². The molecule has 0 fully saturated rings. The van der Waals surface area contributed by atoms with Crippen molar-refractivity contribution < 1.29 is 4.79 Å². The maximum Gasteiger partial charge on any atom is 0.273 e. The summed E-state index contributed by atoms with van der Waals surface area (Å²) in [5.41, 5.74) is 2.69. The van der Waals surface area contributed by atoms with Crippen molar-refractivity contribution >= 4 is 11.7 Å². The van der Waals surface area contributed by atoms with Gasteiger partial charge in [0.15, 0.2) is 0 Å². The first-order chi connectivity index (χ1) is 13.5. The maximum absolute atomic E-state index is 13.1. The molecule has 5 heteroatoms. The van der Waals surface area contributed by atoms with Gasteiger partial charge in [-0.2, -0.15) is 0 Å². The summed E-state index contributed by atoms with van der Waals surface area (Å²) in [5, 5.41) is 0. The van der Waals surface area contributed by atoms with Gasteiger partial charge in [0.05, 0.1) is 0 Å². The normalized spacial score (nSPS) is 10.7. The SMILES string of the molecule is CC(C)N(Cc1ccccc1)C(=O)c1cc(N(C)Cc2ccccc2)ncn1. The Morgan fingerprint density at radius 3 is 2.04 bits per heavy atom. The second-order valence-electron chi connectivity index (χ2n) is 7.12. The lowest BCUT2D eigenvalue weighted by Crippen LogP contribution is -2.37. The molecule has 0 radical (unpaired) electrons. The average molecular weight is 374 g/mol. The molecule has 1 aromatic heterocycles. The smallest absolute Gasteiger partial charge is 0.273 e. The van der Waals surface area contributed by atoms with E-state index in [1.165, 1.54) is 11.9 Å². The van der Waals surface area contributed by atoms with Gasteiger partial charge in [0.25, 0.3) is 5.91 Å². The van der Waals surface area contributed by atoms with E-state index < -0.39 is 0 Å². The van der Waals surface area contributed by atoms with Gasteiger partial charge in [-0.05, 0) is 25.0 Å². The molecule has 0 unspecified atom stereocenters. The minimum atomic E-state index is -0.0874. The second kappa shape index (κ2) is 9.13. The summed E-state index contributed by atoms with van der Waals surface area (Å²) < 4.78 is 0. The maximum atomic E-state index is 13.1. The molecule has 0 aliphatic rings. The molecule has 28 heavy (non-hydrogen) atoms. The molecule has 144 valence electrons. The van der Waals surface area contributed by atoms with E-state index in [0.29, 0.717) is 18.8 Å². The number of anilines is 1. The van der Waals surface area contributed by atoms with Crippen molar-refractivity contribution in [2.75, 3.05) is 11.9 Å². The number of carbonyl (C=O) groups excluding carboxylic acids is 1. The largest absolute Gasteiger partial charge is 0.355 e. The summed E-state index contributed by atoms with van der Waals surface area (Å²) in [5.74, 6) is 0.640. The van der Waals surface area contributed by atoms with Crippen LogP contribution in [0.1, 0.15) is 35.5 Å². The van der Waals surface area contributed by atoms with Crippen molar-refractivity contribution in [1.29, 1.82) is 0 Å². The number of rotatable bonds is 7. The highest BCUT2D eigenvalue weighted by atomic mass is 16.2. The van der Waals surface area contributed by atoms with Gasteiger partial charge < -0.3 is 9.80 Å². The van der Waals surface area contributed by atoms with E-state index in [1.54, 1.807) is 6.07 Å². The predicted octanol–water partition coefficient (Wildman–Crippen LogP) is 4.16. The highest BCUT2D eigenvalue weighted by molar-refractivity contribution is 5.93. The topological polar surface area (TPSA) is 49.3 Å². The summed E-state index contributed by atoms with van der Waals surface area (Å²) in [4.78, 5) is 25.6. The standard InChI is InChI=1S/C23H26N4O/c1-18(2)27(16-20-12-8-5-9-13-20)23(28)21-14-22(25-17-24-21)26(3)15-19-10-6-4-7-11-19/h4-14,17-18H,15-16H2,1-3H3. The molecule has 1 heterocycles. The minimum Gasteiger partial charge on any atom is -0.355 e. The molecule has 0 aliphatic heterocycles. The minimum absolute atomic E-state index is 0.0631. The van der Waals surface area contributed by atoms with Crippen LogP contribution in [0.15, 0.2) is 73.1 Å². The lowest BCUT2D eigenvalue weighted by atomic mass is 10.1. The number of carbonyl (C=O) groups is 1. The molecule has 1 amide bonds. The first-order valence-corrected chi connectivity index (χ1v) is 9.46. The summed E-state index contributed by atoms with van der Waals surface area (Å²) in [6.45, 7) is 5.30. The van der Waals surface area contributed by atoms with Crippen LogP contribution in [0, 0.1) is 0 Å². The number of benzene rings is 2. The molecule has 3 aromatic rings. The van der Waals surface area contributed by atoms with Gasteiger partial charge in [-0.1, -0.05) is 60.7 Å². The molecule has 0 spiro atoms. The average Bonchev–Trinajstić information content (AvgIpc) is 2.73. The van der Waals surface area contributed by atoms with Crippen LogP contribution in [0.25, 0.3) is 0 Å². The van der Waals surface area contributed by atoms with E-state index in [4.69, 9.17) is 0 Å². The predicted molar refractivity (Wildman–Crippen MR) is 112 cm³/mol. The van der Waals surface area contributed by atoms with Crippen LogP contribution in [-0.2, 0) is 13.1 Å². The molecule has 0 atom stereocenters. The molecule has 0 bridgehead atoms. The highest BCUT2D eigenvalue weighted by Gasteiger charge is 2.21. The molecule has 0 saturated carbocycles. The lowest BCUT2D eigenvalue weighted by Gasteiger charge is -2.27. The van der Waals surface area contributed by atoms with Gasteiger partial charge in [0.1, 0.15) is 17.8 Å². The van der Waals surface area contributed by atoms with Crippen molar-refractivity contribution in [3.63, 3.8) is 0 Å². The van der Waals surface area contributed by atoms with Crippen LogP contribution in [0.2, 0.25) is 0 Å². The van der Waals surface area contributed by atoms with E-state index in [2.05, 4.69) is 22.1 Å². The molecule has 3 rings (SSSR count). The molecular weight excluding hydrogens is 348 g/mol. The van der Waals surface area contributed by atoms with E-state index >= 15 is 0 Å². The number of hydrogen-bond acceptors (Lipinski definition) is 4. The number of hydrogen-bond donors (Lipinski definition) is 0. The second-order valence-corrected chi connectivity index (χ2v) is 7.12. The Balaban J connectivity index is 1.78. The molecular formula is C23H26N4O. The zero-order chi connectivity index (χ0) is 19.9. The first-order valence-electron chi connectivity index (χ1n) is 9.46. The fourth-order valence-corrected chi connectivity index (χ4v) is 3.03. The van der Waals surface area contributed by atoms with Crippen LogP contribution in [0.3, 0.4) is 0 Å². The Hall–Kier alpha value is -3.21. The molecule has 0 saturated heterocycles. The van der Waals surface area contributed by atoms with Crippen molar-refractivity contribution in [3.8, 4) is 0 Å². The third kappa shape index (κ3) is 4.94. The Bertz CT molecular complexity index is 897. The van der Waals surface area contributed by atoms with Gasteiger partial charge in [-0.3, -0.25) is 4.79 Å². The van der Waals surface area contributed by atoms with Gasteiger partial charge in [-0.25, -0.2) is 9.97 Å². The first kappa shape index (κ1) is 19.5. The highest BCUT2D eigenvalue weighted by Crippen LogP contribution is 2.17.